The van der Waals surface area contributed by atoms with Crippen LogP contribution in [-0.4, -0.2) is 69.4 Å². The molecule has 6 nitrogen and oxygen atoms in total. The summed E-state index contributed by atoms with van der Waals surface area (Å²) >= 11 is 0. The lowest BCUT2D eigenvalue weighted by molar-refractivity contribution is -0.149. The molecule has 1 N–H and O–H groups in total. The van der Waals surface area contributed by atoms with Crippen LogP contribution in [0, 0.1) is 11.7 Å². The molecule has 2 unspecified atom stereocenters. The third-order valence-corrected chi connectivity index (χ3v) is 10.3. The second-order valence-corrected chi connectivity index (χ2v) is 12.0. The number of rotatable bonds is 7. The molecule has 2 aliphatic carbocycles. The minimum Gasteiger partial charge on any atom is -0.480 e. The Balaban J connectivity index is 1.40. The topological polar surface area (TPSA) is 61.6 Å². The maximum Gasteiger partial charge on any atom is 0.324 e. The number of carbonyl (C=O) groups is 1. The summed E-state index contributed by atoms with van der Waals surface area (Å²) < 4.78 is 16.5. The number of carboxylic acids is 1. The van der Waals surface area contributed by atoms with Crippen LogP contribution in [0.15, 0.2) is 24.3 Å². The molecule has 4 atom stereocenters. The Morgan fingerprint density at radius 2 is 1.95 bits per heavy atom. The second kappa shape index (κ2) is 9.81. The van der Waals surface area contributed by atoms with Crippen molar-refractivity contribution < 1.29 is 14.3 Å². The van der Waals surface area contributed by atoms with E-state index in [2.05, 4.69) is 30.4 Å². The number of hydrogen-bond donors (Lipinski definition) is 1. The first kappa shape index (κ1) is 26.4. The normalized spacial score (nSPS) is 28.2. The molecule has 2 fully saturated rings. The predicted octanol–water partition coefficient (Wildman–Crippen LogP) is 4.85. The van der Waals surface area contributed by atoms with Gasteiger partial charge in [-0.2, -0.15) is 5.10 Å². The number of hydrogen-bond acceptors (Lipinski definition) is 4. The van der Waals surface area contributed by atoms with Crippen molar-refractivity contribution in [1.82, 2.24) is 19.6 Å². The number of piperidine rings is 1. The molecule has 5 rings (SSSR count). The molecular formula is C30H43FN4O2. The van der Waals surface area contributed by atoms with E-state index in [1.807, 2.05) is 25.1 Å². The van der Waals surface area contributed by atoms with Gasteiger partial charge in [-0.1, -0.05) is 19.1 Å². The Morgan fingerprint density at radius 3 is 2.54 bits per heavy atom. The molecule has 37 heavy (non-hydrogen) atoms. The smallest absolute Gasteiger partial charge is 0.324 e. The van der Waals surface area contributed by atoms with Crippen LogP contribution < -0.4 is 0 Å². The van der Waals surface area contributed by atoms with Crippen molar-refractivity contribution in [3.63, 3.8) is 0 Å². The van der Waals surface area contributed by atoms with Crippen LogP contribution in [0.3, 0.4) is 0 Å². The molecule has 1 saturated heterocycles. The first-order chi connectivity index (χ1) is 17.7. The fourth-order valence-corrected chi connectivity index (χ4v) is 7.99. The van der Waals surface area contributed by atoms with Gasteiger partial charge in [0.25, 0.3) is 0 Å². The first-order valence-corrected chi connectivity index (χ1v) is 14.1. The third-order valence-electron chi connectivity index (χ3n) is 10.3. The summed E-state index contributed by atoms with van der Waals surface area (Å²) in [7, 11) is 3.74. The second-order valence-electron chi connectivity index (χ2n) is 12.0. The van der Waals surface area contributed by atoms with E-state index in [9.17, 15) is 14.3 Å². The Kier molecular flexibility index (Phi) is 6.99. The minimum absolute atomic E-state index is 0.00630. The molecule has 2 aromatic rings. The van der Waals surface area contributed by atoms with Crippen LogP contribution in [-0.2, 0) is 29.6 Å². The number of fused-ring (bicyclic) bond motifs is 2. The van der Waals surface area contributed by atoms with Crippen molar-refractivity contribution in [1.29, 1.82) is 0 Å². The fourth-order valence-electron chi connectivity index (χ4n) is 7.99. The summed E-state index contributed by atoms with van der Waals surface area (Å²) in [4.78, 5) is 17.0. The molecule has 0 bridgehead atoms. The fraction of sp³-hybridized carbons (Fsp3) is 0.667. The Hall–Kier alpha value is -2.25. The average molecular weight is 511 g/mol. The summed E-state index contributed by atoms with van der Waals surface area (Å²) in [5.41, 5.74) is 4.49. The molecule has 7 heteroatoms. The molecule has 0 radical (unpaired) electrons. The number of carboxylic acid groups (broad SMARTS) is 1. The van der Waals surface area contributed by atoms with Crippen LogP contribution >= 0.6 is 0 Å². The summed E-state index contributed by atoms with van der Waals surface area (Å²) in [6, 6.07) is 7.03. The van der Waals surface area contributed by atoms with E-state index in [0.717, 1.165) is 50.9 Å². The number of nitrogens with zero attached hydrogens (tertiary/aromatic N) is 4. The van der Waals surface area contributed by atoms with Crippen molar-refractivity contribution >= 4 is 5.97 Å². The quantitative estimate of drug-likeness (QED) is 0.577. The predicted molar refractivity (Wildman–Crippen MR) is 143 cm³/mol. The molecule has 0 amide bonds. The highest BCUT2D eigenvalue weighted by molar-refractivity contribution is 5.79. The van der Waals surface area contributed by atoms with Gasteiger partial charge in [0, 0.05) is 23.7 Å². The van der Waals surface area contributed by atoms with Gasteiger partial charge in [-0.15, -0.1) is 0 Å². The molecule has 1 spiro atoms. The minimum atomic E-state index is -0.933. The number of aryl methyl sites for hydroxylation is 2. The third kappa shape index (κ3) is 4.22. The van der Waals surface area contributed by atoms with Crippen molar-refractivity contribution in [2.75, 3.05) is 27.2 Å². The Bertz CT molecular complexity index is 1150. The largest absolute Gasteiger partial charge is 0.480 e. The highest BCUT2D eigenvalue weighted by Crippen LogP contribution is 2.52. The van der Waals surface area contributed by atoms with Crippen LogP contribution in [0.2, 0.25) is 0 Å². The molecular weight excluding hydrogens is 467 g/mol. The van der Waals surface area contributed by atoms with E-state index >= 15 is 0 Å². The van der Waals surface area contributed by atoms with Gasteiger partial charge in [0.15, 0.2) is 0 Å². The molecule has 202 valence electrons. The molecule has 1 aliphatic heterocycles. The van der Waals surface area contributed by atoms with Gasteiger partial charge in [-0.05, 0) is 121 Å². The number of likely N-dealkylation sites (N-methyl/N-ethyl adjacent to an activating group) is 1. The average Bonchev–Trinajstić information content (AvgIpc) is 3.57. The van der Waals surface area contributed by atoms with Crippen molar-refractivity contribution in [3.8, 4) is 0 Å². The zero-order valence-electron chi connectivity index (χ0n) is 23.1. The maximum atomic E-state index is 14.2. The number of benzene rings is 1. The molecule has 2 heterocycles. The molecule has 1 aromatic carbocycles. The highest BCUT2D eigenvalue weighted by Gasteiger charge is 2.55. The van der Waals surface area contributed by atoms with Crippen LogP contribution in [0.1, 0.15) is 81.3 Å². The lowest BCUT2D eigenvalue weighted by Crippen LogP contribution is -2.51. The van der Waals surface area contributed by atoms with Crippen molar-refractivity contribution in [2.24, 2.45) is 5.92 Å². The van der Waals surface area contributed by atoms with E-state index in [4.69, 9.17) is 5.10 Å². The monoisotopic (exact) mass is 510 g/mol. The zero-order chi connectivity index (χ0) is 26.5. The van der Waals surface area contributed by atoms with E-state index in [-0.39, 0.29) is 29.1 Å². The van der Waals surface area contributed by atoms with Crippen molar-refractivity contribution in [2.45, 2.75) is 95.2 Å². The number of halogens is 1. The van der Waals surface area contributed by atoms with Gasteiger partial charge >= 0.3 is 5.97 Å². The zero-order valence-corrected chi connectivity index (χ0v) is 23.1. The van der Waals surface area contributed by atoms with Crippen LogP contribution in [0.5, 0.6) is 0 Å². The Morgan fingerprint density at radius 1 is 1.22 bits per heavy atom. The number of aromatic nitrogens is 2. The molecule has 1 aromatic heterocycles. The van der Waals surface area contributed by atoms with E-state index < -0.39 is 11.5 Å². The van der Waals surface area contributed by atoms with Gasteiger partial charge < -0.3 is 10.0 Å². The van der Waals surface area contributed by atoms with Crippen molar-refractivity contribution in [3.05, 3.63) is 52.6 Å². The highest BCUT2D eigenvalue weighted by atomic mass is 19.1. The summed E-state index contributed by atoms with van der Waals surface area (Å²) in [6.45, 7) is 9.61. The van der Waals surface area contributed by atoms with E-state index in [1.54, 1.807) is 12.1 Å². The van der Waals surface area contributed by atoms with Crippen LogP contribution in [0.25, 0.3) is 0 Å². The standard InChI is InChI=1S/C30H43FN4O2/c1-6-26-23-11-12-29(27(23)35(7-2)32-26)13-15-34(16-14-29)20(3)24-18-30(28(36)37,33(4)5)19-25(24)21-9-8-10-22(31)17-21/h8-10,17,20,24-25H,6-7,11-16,18-19H2,1-5H3,(H,36,37)/t20?,24-,25-,30?/m1/s1. The lowest BCUT2D eigenvalue weighted by atomic mass is 9.75. The molecule has 1 saturated carbocycles. The van der Waals surface area contributed by atoms with Gasteiger partial charge in [0.1, 0.15) is 11.4 Å². The summed E-state index contributed by atoms with van der Waals surface area (Å²) in [5.74, 6) is -0.880. The number of likely N-dealkylation sites (tertiary alicyclic amines) is 1. The Labute approximate surface area is 220 Å². The van der Waals surface area contributed by atoms with Crippen LogP contribution in [0.4, 0.5) is 4.39 Å². The molecule has 3 aliphatic rings. The summed E-state index contributed by atoms with van der Waals surface area (Å²) in [6.07, 6.45) is 6.67. The number of aliphatic carboxylic acids is 1. The maximum absolute atomic E-state index is 14.2. The van der Waals surface area contributed by atoms with Gasteiger partial charge in [-0.25, -0.2) is 4.39 Å². The van der Waals surface area contributed by atoms with Gasteiger partial charge in [0.05, 0.1) is 5.69 Å². The van der Waals surface area contributed by atoms with E-state index in [1.165, 1.54) is 29.4 Å². The summed E-state index contributed by atoms with van der Waals surface area (Å²) in [5, 5.41) is 15.3. The van der Waals surface area contributed by atoms with E-state index in [0.29, 0.717) is 12.8 Å². The SMILES string of the molecule is CCc1nn(CC)c2c1CCC21CCN(C(C)[C@H]2CC(C(=O)O)(N(C)C)C[C@@H]2c2cccc(F)c2)CC1. The van der Waals surface area contributed by atoms with Gasteiger partial charge in [0.2, 0.25) is 0 Å². The van der Waals surface area contributed by atoms with Gasteiger partial charge in [-0.3, -0.25) is 14.4 Å². The first-order valence-electron chi connectivity index (χ1n) is 14.1. The lowest BCUT2D eigenvalue weighted by Gasteiger charge is -2.45.